The molecule has 84 valence electrons. The number of benzene rings is 1. The second-order valence-corrected chi connectivity index (χ2v) is 3.50. The number of nitrogens with two attached hydrogens (primary N) is 1. The molecule has 1 heterocycles. The van der Waals surface area contributed by atoms with Gasteiger partial charge in [-0.25, -0.2) is 4.79 Å². The van der Waals surface area contributed by atoms with Crippen molar-refractivity contribution in [3.8, 4) is 0 Å². The number of hydrogen-bond donors (Lipinski definition) is 1. The summed E-state index contributed by atoms with van der Waals surface area (Å²) in [6.07, 6.45) is 2.41. The van der Waals surface area contributed by atoms with Crippen LogP contribution in [0.15, 0.2) is 28.9 Å². The molecule has 4 heteroatoms. The summed E-state index contributed by atoms with van der Waals surface area (Å²) in [6, 6.07) is 5.22. The molecule has 0 unspecified atom stereocenters. The molecule has 0 fully saturated rings. The minimum absolute atomic E-state index is 0.346. The van der Waals surface area contributed by atoms with Gasteiger partial charge < -0.3 is 14.9 Å². The van der Waals surface area contributed by atoms with Crippen molar-refractivity contribution >= 4 is 16.9 Å². The van der Waals surface area contributed by atoms with Gasteiger partial charge in [0.2, 0.25) is 0 Å². The Morgan fingerprint density at radius 3 is 3.00 bits per heavy atom. The van der Waals surface area contributed by atoms with Gasteiger partial charge in [0.05, 0.1) is 18.9 Å². The summed E-state index contributed by atoms with van der Waals surface area (Å²) >= 11 is 0. The number of methoxy groups -OCH3 is 1. The monoisotopic (exact) mass is 219 g/mol. The van der Waals surface area contributed by atoms with Crippen molar-refractivity contribution in [1.82, 2.24) is 0 Å². The maximum Gasteiger partial charge on any atom is 0.337 e. The minimum Gasteiger partial charge on any atom is -0.465 e. The van der Waals surface area contributed by atoms with Crippen LogP contribution in [-0.4, -0.2) is 19.6 Å². The molecule has 2 aromatic rings. The highest BCUT2D eigenvalue weighted by Gasteiger charge is 2.10. The topological polar surface area (TPSA) is 65.5 Å². The van der Waals surface area contributed by atoms with E-state index >= 15 is 0 Å². The van der Waals surface area contributed by atoms with Gasteiger partial charge in [0.25, 0.3) is 0 Å². The molecule has 2 rings (SSSR count). The van der Waals surface area contributed by atoms with E-state index in [1.54, 1.807) is 24.5 Å². The van der Waals surface area contributed by atoms with Crippen LogP contribution in [0.25, 0.3) is 11.0 Å². The normalized spacial score (nSPS) is 10.6. The first-order valence-electron chi connectivity index (χ1n) is 5.04. The van der Waals surface area contributed by atoms with Crippen LogP contribution in [0.1, 0.15) is 15.9 Å². The summed E-state index contributed by atoms with van der Waals surface area (Å²) < 4.78 is 10.0. The molecule has 0 aliphatic rings. The molecule has 16 heavy (non-hydrogen) atoms. The van der Waals surface area contributed by atoms with Crippen LogP contribution < -0.4 is 5.73 Å². The lowest BCUT2D eigenvalue weighted by Crippen LogP contribution is -2.03. The molecule has 1 aromatic carbocycles. The van der Waals surface area contributed by atoms with Crippen molar-refractivity contribution < 1.29 is 13.9 Å². The van der Waals surface area contributed by atoms with Gasteiger partial charge in [-0.3, -0.25) is 0 Å². The van der Waals surface area contributed by atoms with Crippen molar-refractivity contribution in [2.75, 3.05) is 13.7 Å². The van der Waals surface area contributed by atoms with Gasteiger partial charge in [-0.05, 0) is 36.7 Å². The number of ether oxygens (including phenoxy) is 1. The quantitative estimate of drug-likeness (QED) is 0.798. The Morgan fingerprint density at radius 2 is 2.31 bits per heavy atom. The van der Waals surface area contributed by atoms with Gasteiger partial charge >= 0.3 is 5.97 Å². The van der Waals surface area contributed by atoms with Gasteiger partial charge in [0, 0.05) is 5.39 Å². The van der Waals surface area contributed by atoms with Crippen LogP contribution in [0, 0.1) is 0 Å². The first-order valence-corrected chi connectivity index (χ1v) is 5.04. The van der Waals surface area contributed by atoms with Gasteiger partial charge in [0.15, 0.2) is 0 Å². The smallest absolute Gasteiger partial charge is 0.337 e. The average molecular weight is 219 g/mol. The lowest BCUT2D eigenvalue weighted by molar-refractivity contribution is 0.0601. The van der Waals surface area contributed by atoms with Crippen LogP contribution in [0.2, 0.25) is 0 Å². The van der Waals surface area contributed by atoms with Crippen molar-refractivity contribution in [3.63, 3.8) is 0 Å². The average Bonchev–Trinajstić information content (AvgIpc) is 2.71. The number of rotatable bonds is 3. The number of esters is 1. The number of furan rings is 1. The number of carbonyl (C=O) groups is 1. The van der Waals surface area contributed by atoms with Crippen LogP contribution >= 0.6 is 0 Å². The molecule has 0 saturated carbocycles. The van der Waals surface area contributed by atoms with E-state index in [0.29, 0.717) is 12.1 Å². The van der Waals surface area contributed by atoms with E-state index in [2.05, 4.69) is 4.74 Å². The number of carbonyl (C=O) groups excluding carboxylic acids is 1. The van der Waals surface area contributed by atoms with E-state index < -0.39 is 0 Å². The molecule has 2 N–H and O–H groups in total. The molecule has 4 nitrogen and oxygen atoms in total. The summed E-state index contributed by atoms with van der Waals surface area (Å²) in [5.74, 6) is -0.346. The molecular formula is C12H13NO3. The Hall–Kier alpha value is -1.81. The molecule has 0 aliphatic carbocycles. The fourth-order valence-corrected chi connectivity index (χ4v) is 1.68. The van der Waals surface area contributed by atoms with Crippen molar-refractivity contribution in [2.45, 2.75) is 6.42 Å². The summed E-state index contributed by atoms with van der Waals surface area (Å²) in [5.41, 5.74) is 7.80. The van der Waals surface area contributed by atoms with Crippen molar-refractivity contribution in [1.29, 1.82) is 0 Å². The fourth-order valence-electron chi connectivity index (χ4n) is 1.68. The van der Waals surface area contributed by atoms with Gasteiger partial charge in [0.1, 0.15) is 5.58 Å². The van der Waals surface area contributed by atoms with Crippen LogP contribution in [0.3, 0.4) is 0 Å². The second-order valence-electron chi connectivity index (χ2n) is 3.50. The van der Waals surface area contributed by atoms with Crippen LogP contribution in [0.4, 0.5) is 0 Å². The maximum atomic E-state index is 11.4. The third-order valence-electron chi connectivity index (χ3n) is 2.49. The maximum absolute atomic E-state index is 11.4. The summed E-state index contributed by atoms with van der Waals surface area (Å²) in [7, 11) is 1.36. The molecule has 0 atom stereocenters. The van der Waals surface area contributed by atoms with Gasteiger partial charge in [-0.1, -0.05) is 0 Å². The molecule has 0 bridgehead atoms. The summed E-state index contributed by atoms with van der Waals surface area (Å²) in [5, 5.41) is 0.924. The third-order valence-corrected chi connectivity index (χ3v) is 2.49. The molecule has 1 aromatic heterocycles. The SMILES string of the molecule is COC(=O)c1ccc2occ(CCN)c2c1. The fraction of sp³-hybridized carbons (Fsp3) is 0.250. The number of hydrogen-bond acceptors (Lipinski definition) is 4. The zero-order valence-electron chi connectivity index (χ0n) is 9.03. The van der Waals surface area contributed by atoms with E-state index in [0.717, 1.165) is 23.0 Å². The van der Waals surface area contributed by atoms with Crippen molar-refractivity contribution in [3.05, 3.63) is 35.6 Å². The summed E-state index contributed by atoms with van der Waals surface area (Å²) in [4.78, 5) is 11.4. The molecule has 0 aliphatic heterocycles. The second kappa shape index (κ2) is 4.37. The highest BCUT2D eigenvalue weighted by Crippen LogP contribution is 2.23. The molecule has 0 amide bonds. The van der Waals surface area contributed by atoms with E-state index in [-0.39, 0.29) is 5.97 Å². The van der Waals surface area contributed by atoms with Gasteiger partial charge in [-0.15, -0.1) is 0 Å². The van der Waals surface area contributed by atoms with E-state index in [1.165, 1.54) is 7.11 Å². The van der Waals surface area contributed by atoms with Gasteiger partial charge in [-0.2, -0.15) is 0 Å². The largest absolute Gasteiger partial charge is 0.465 e. The highest BCUT2D eigenvalue weighted by molar-refractivity contribution is 5.95. The lowest BCUT2D eigenvalue weighted by atomic mass is 10.1. The zero-order valence-corrected chi connectivity index (χ0v) is 9.03. The Labute approximate surface area is 93.0 Å². The predicted octanol–water partition coefficient (Wildman–Crippen LogP) is 1.72. The zero-order chi connectivity index (χ0) is 11.5. The Balaban J connectivity index is 2.49. The molecule has 0 radical (unpaired) electrons. The lowest BCUT2D eigenvalue weighted by Gasteiger charge is -1.99. The Bertz CT molecular complexity index is 516. The molecule has 0 spiro atoms. The van der Waals surface area contributed by atoms with Crippen LogP contribution in [-0.2, 0) is 11.2 Å². The first-order chi connectivity index (χ1) is 7.76. The predicted molar refractivity (Wildman–Crippen MR) is 60.3 cm³/mol. The highest BCUT2D eigenvalue weighted by atomic mass is 16.5. The van der Waals surface area contributed by atoms with E-state index in [1.807, 2.05) is 0 Å². The summed E-state index contributed by atoms with van der Waals surface area (Å²) in [6.45, 7) is 0.553. The Morgan fingerprint density at radius 1 is 1.50 bits per heavy atom. The van der Waals surface area contributed by atoms with E-state index in [9.17, 15) is 4.79 Å². The van der Waals surface area contributed by atoms with E-state index in [4.69, 9.17) is 10.2 Å². The molecule has 0 saturated heterocycles. The van der Waals surface area contributed by atoms with Crippen molar-refractivity contribution in [2.24, 2.45) is 5.73 Å². The third kappa shape index (κ3) is 1.79. The van der Waals surface area contributed by atoms with Crippen LogP contribution in [0.5, 0.6) is 0 Å². The molecular weight excluding hydrogens is 206 g/mol. The Kier molecular flexibility index (Phi) is 2.92. The minimum atomic E-state index is -0.346. The standard InChI is InChI=1S/C12H13NO3/c1-15-12(14)8-2-3-11-10(6-8)9(4-5-13)7-16-11/h2-3,6-7H,4-5,13H2,1H3. The first kappa shape index (κ1) is 10.7. The number of fused-ring (bicyclic) bond motifs is 1.